The Morgan fingerprint density at radius 2 is 1.80 bits per heavy atom. The van der Waals surface area contributed by atoms with Gasteiger partial charge >= 0.3 is 0 Å². The van der Waals surface area contributed by atoms with Gasteiger partial charge in [-0.2, -0.15) is 0 Å². The fourth-order valence-corrected chi connectivity index (χ4v) is 3.21. The Kier molecular flexibility index (Phi) is 5.71. The molecule has 1 N–H and O–H groups in total. The Balaban J connectivity index is 1.57. The van der Waals surface area contributed by atoms with Crippen molar-refractivity contribution in [2.75, 3.05) is 13.1 Å². The number of halogens is 1. The largest absolute Gasteiger partial charge is 0.352 e. The summed E-state index contributed by atoms with van der Waals surface area (Å²) in [4.78, 5) is 26.8. The van der Waals surface area contributed by atoms with Crippen molar-refractivity contribution in [3.8, 4) is 0 Å². The molecule has 4 nitrogen and oxygen atoms in total. The van der Waals surface area contributed by atoms with Crippen LogP contribution in [0.25, 0.3) is 0 Å². The quantitative estimate of drug-likeness (QED) is 0.911. The predicted octanol–water partition coefficient (Wildman–Crippen LogP) is 3.51. The van der Waals surface area contributed by atoms with Gasteiger partial charge in [0.2, 0.25) is 5.91 Å². The second-order valence-electron chi connectivity index (χ2n) is 6.30. The number of amides is 2. The van der Waals surface area contributed by atoms with Crippen LogP contribution < -0.4 is 5.32 Å². The molecule has 1 heterocycles. The molecule has 2 amide bonds. The molecule has 3 rings (SSSR count). The van der Waals surface area contributed by atoms with Gasteiger partial charge < -0.3 is 10.2 Å². The maximum Gasteiger partial charge on any atom is 0.253 e. The maximum absolute atomic E-state index is 12.6. The molecule has 0 bridgehead atoms. The predicted molar refractivity (Wildman–Crippen MR) is 98.4 cm³/mol. The number of nitrogens with one attached hydrogen (secondary N) is 1. The molecule has 1 aliphatic heterocycles. The number of carbonyl (C=O) groups is 2. The van der Waals surface area contributed by atoms with Gasteiger partial charge in [-0.3, -0.25) is 9.59 Å². The fourth-order valence-electron chi connectivity index (χ4n) is 3.08. The highest BCUT2D eigenvalue weighted by atomic mass is 35.5. The van der Waals surface area contributed by atoms with Gasteiger partial charge in [-0.1, -0.05) is 41.9 Å². The van der Waals surface area contributed by atoms with Crippen molar-refractivity contribution < 1.29 is 9.59 Å². The van der Waals surface area contributed by atoms with Gasteiger partial charge in [0.1, 0.15) is 0 Å². The zero-order valence-electron chi connectivity index (χ0n) is 14.0. The van der Waals surface area contributed by atoms with Crippen LogP contribution in [0.15, 0.2) is 54.6 Å². The molecule has 130 valence electrons. The SMILES string of the molecule is O=C(NCc1ccccc1)C1CCCN(C(=O)c2ccc(Cl)cc2)C1. The lowest BCUT2D eigenvalue weighted by atomic mass is 9.96. The van der Waals surface area contributed by atoms with Crippen molar-refractivity contribution in [1.29, 1.82) is 0 Å². The van der Waals surface area contributed by atoms with Gasteiger partial charge in [-0.05, 0) is 42.7 Å². The molecule has 5 heteroatoms. The second-order valence-corrected chi connectivity index (χ2v) is 6.74. The molecule has 25 heavy (non-hydrogen) atoms. The fraction of sp³-hybridized carbons (Fsp3) is 0.300. The Labute approximate surface area is 152 Å². The topological polar surface area (TPSA) is 49.4 Å². The number of piperidine rings is 1. The van der Waals surface area contributed by atoms with Crippen LogP contribution in [0, 0.1) is 5.92 Å². The highest BCUT2D eigenvalue weighted by Gasteiger charge is 2.28. The number of nitrogens with zero attached hydrogens (tertiary/aromatic N) is 1. The van der Waals surface area contributed by atoms with Crippen LogP contribution in [0.1, 0.15) is 28.8 Å². The van der Waals surface area contributed by atoms with Crippen LogP contribution in [-0.4, -0.2) is 29.8 Å². The number of carbonyl (C=O) groups excluding carboxylic acids is 2. The molecule has 2 aromatic carbocycles. The molecule has 1 aliphatic rings. The summed E-state index contributed by atoms with van der Waals surface area (Å²) in [7, 11) is 0. The first-order valence-corrected chi connectivity index (χ1v) is 8.88. The van der Waals surface area contributed by atoms with Gasteiger partial charge in [0.25, 0.3) is 5.91 Å². The summed E-state index contributed by atoms with van der Waals surface area (Å²) >= 11 is 5.87. The third kappa shape index (κ3) is 4.60. The standard InChI is InChI=1S/C20H21ClN2O2/c21-18-10-8-16(9-11-18)20(25)23-12-4-7-17(14-23)19(24)22-13-15-5-2-1-3-6-15/h1-3,5-6,8-11,17H,4,7,12-14H2,(H,22,24). The molecule has 0 radical (unpaired) electrons. The van der Waals surface area contributed by atoms with E-state index in [4.69, 9.17) is 11.6 Å². The number of likely N-dealkylation sites (tertiary alicyclic amines) is 1. The highest BCUT2D eigenvalue weighted by Crippen LogP contribution is 2.20. The zero-order valence-corrected chi connectivity index (χ0v) is 14.7. The Morgan fingerprint density at radius 3 is 2.52 bits per heavy atom. The molecule has 0 aromatic heterocycles. The van der Waals surface area contributed by atoms with E-state index in [9.17, 15) is 9.59 Å². The summed E-state index contributed by atoms with van der Waals surface area (Å²) in [6.07, 6.45) is 1.65. The normalized spacial score (nSPS) is 17.2. The highest BCUT2D eigenvalue weighted by molar-refractivity contribution is 6.30. The lowest BCUT2D eigenvalue weighted by molar-refractivity contribution is -0.126. The van der Waals surface area contributed by atoms with Crippen LogP contribution in [0.2, 0.25) is 5.02 Å². The number of hydrogen-bond donors (Lipinski definition) is 1. The van der Waals surface area contributed by atoms with Crippen LogP contribution in [0.4, 0.5) is 0 Å². The Bertz CT molecular complexity index is 731. The van der Waals surface area contributed by atoms with Gasteiger partial charge in [-0.15, -0.1) is 0 Å². The first-order valence-electron chi connectivity index (χ1n) is 8.50. The lowest BCUT2D eigenvalue weighted by Crippen LogP contribution is -2.45. The molecule has 0 aliphatic carbocycles. The maximum atomic E-state index is 12.6. The summed E-state index contributed by atoms with van der Waals surface area (Å²) in [5, 5.41) is 3.59. The van der Waals surface area contributed by atoms with E-state index in [2.05, 4.69) is 5.32 Å². The van der Waals surface area contributed by atoms with E-state index in [1.54, 1.807) is 29.2 Å². The van der Waals surface area contributed by atoms with Crippen LogP contribution in [0.5, 0.6) is 0 Å². The Hall–Kier alpha value is -2.33. The van der Waals surface area contributed by atoms with Gasteiger partial charge in [0.05, 0.1) is 5.92 Å². The molecule has 1 unspecified atom stereocenters. The van der Waals surface area contributed by atoms with E-state index in [1.807, 2.05) is 30.3 Å². The summed E-state index contributed by atoms with van der Waals surface area (Å²) in [6, 6.07) is 16.7. The molecule has 2 aromatic rings. The first kappa shape index (κ1) is 17.5. The third-order valence-electron chi connectivity index (χ3n) is 4.48. The molecule has 1 saturated heterocycles. The lowest BCUT2D eigenvalue weighted by Gasteiger charge is -2.32. The van der Waals surface area contributed by atoms with E-state index in [1.165, 1.54) is 0 Å². The minimum atomic E-state index is -0.159. The van der Waals surface area contributed by atoms with Crippen LogP contribution in [0.3, 0.4) is 0 Å². The molecule has 0 spiro atoms. The molecular weight excluding hydrogens is 336 g/mol. The zero-order chi connectivity index (χ0) is 17.6. The third-order valence-corrected chi connectivity index (χ3v) is 4.73. The van der Waals surface area contributed by atoms with Crippen molar-refractivity contribution in [2.24, 2.45) is 5.92 Å². The minimum Gasteiger partial charge on any atom is -0.352 e. The van der Waals surface area contributed by atoms with Crippen molar-refractivity contribution >= 4 is 23.4 Å². The summed E-state index contributed by atoms with van der Waals surface area (Å²) in [6.45, 7) is 1.66. The summed E-state index contributed by atoms with van der Waals surface area (Å²) in [5.74, 6) is -0.191. The van der Waals surface area contributed by atoms with Crippen molar-refractivity contribution in [1.82, 2.24) is 10.2 Å². The molecule has 0 saturated carbocycles. The molecule has 1 atom stereocenters. The minimum absolute atomic E-state index is 0.0115. The van der Waals surface area contributed by atoms with E-state index in [0.29, 0.717) is 30.2 Å². The Morgan fingerprint density at radius 1 is 1.08 bits per heavy atom. The van der Waals surface area contributed by atoms with Gasteiger partial charge in [-0.25, -0.2) is 0 Å². The van der Waals surface area contributed by atoms with Crippen LogP contribution >= 0.6 is 11.6 Å². The van der Waals surface area contributed by atoms with Crippen molar-refractivity contribution in [3.05, 3.63) is 70.7 Å². The van der Waals surface area contributed by atoms with Gasteiger partial charge in [0, 0.05) is 30.2 Å². The number of rotatable bonds is 4. The second kappa shape index (κ2) is 8.17. The van der Waals surface area contributed by atoms with E-state index < -0.39 is 0 Å². The number of hydrogen-bond acceptors (Lipinski definition) is 2. The summed E-state index contributed by atoms with van der Waals surface area (Å²) in [5.41, 5.74) is 1.68. The molecular formula is C20H21ClN2O2. The summed E-state index contributed by atoms with van der Waals surface area (Å²) < 4.78 is 0. The van der Waals surface area contributed by atoms with Crippen molar-refractivity contribution in [2.45, 2.75) is 19.4 Å². The average molecular weight is 357 g/mol. The van der Waals surface area contributed by atoms with Crippen molar-refractivity contribution in [3.63, 3.8) is 0 Å². The van der Waals surface area contributed by atoms with E-state index in [-0.39, 0.29) is 17.7 Å². The monoisotopic (exact) mass is 356 g/mol. The van der Waals surface area contributed by atoms with Gasteiger partial charge in [0.15, 0.2) is 0 Å². The van der Waals surface area contributed by atoms with E-state index in [0.717, 1.165) is 18.4 Å². The smallest absolute Gasteiger partial charge is 0.253 e. The number of benzene rings is 2. The van der Waals surface area contributed by atoms with Crippen LogP contribution in [-0.2, 0) is 11.3 Å². The first-order chi connectivity index (χ1) is 12.1. The molecule has 1 fully saturated rings. The van der Waals surface area contributed by atoms with E-state index >= 15 is 0 Å². The average Bonchev–Trinajstić information content (AvgIpc) is 2.67.